The number of hydrogen-bond donors (Lipinski definition) is 1. The molecule has 0 radical (unpaired) electrons. The second-order valence-electron chi connectivity index (χ2n) is 4.02. The van der Waals surface area contributed by atoms with Gasteiger partial charge in [0.15, 0.2) is 0 Å². The maximum atomic E-state index is 13.8. The Morgan fingerprint density at radius 1 is 1.29 bits per heavy atom. The highest BCUT2D eigenvalue weighted by atomic mass is 19.1. The molecule has 2 N–H and O–H groups in total. The number of pyridine rings is 1. The van der Waals surface area contributed by atoms with E-state index >= 15 is 0 Å². The van der Waals surface area contributed by atoms with Gasteiger partial charge in [0.25, 0.3) is 0 Å². The molecular weight excluding hydrogens is 217 g/mol. The maximum absolute atomic E-state index is 13.8. The molecule has 0 unspecified atom stereocenters. The first-order valence-corrected chi connectivity index (χ1v) is 5.54. The summed E-state index contributed by atoms with van der Waals surface area (Å²) < 4.78 is 15.7. The van der Waals surface area contributed by atoms with Crippen LogP contribution < -0.4 is 5.73 Å². The second-order valence-corrected chi connectivity index (χ2v) is 4.02. The first-order valence-electron chi connectivity index (χ1n) is 5.54. The Labute approximate surface area is 97.7 Å². The van der Waals surface area contributed by atoms with Crippen molar-refractivity contribution in [1.82, 2.24) is 9.38 Å². The zero-order chi connectivity index (χ0) is 11.8. The van der Waals surface area contributed by atoms with E-state index in [9.17, 15) is 4.39 Å². The molecule has 2 aromatic heterocycles. The lowest BCUT2D eigenvalue weighted by atomic mass is 10.1. The normalized spacial score (nSPS) is 11.4. The molecule has 17 heavy (non-hydrogen) atoms. The van der Waals surface area contributed by atoms with Crippen LogP contribution in [0.5, 0.6) is 0 Å². The van der Waals surface area contributed by atoms with Gasteiger partial charge in [0.1, 0.15) is 11.5 Å². The van der Waals surface area contributed by atoms with Crippen LogP contribution in [-0.4, -0.2) is 15.9 Å². The van der Waals surface area contributed by atoms with E-state index in [1.165, 1.54) is 6.07 Å². The molecule has 0 bridgehead atoms. The van der Waals surface area contributed by atoms with E-state index in [2.05, 4.69) is 4.98 Å². The number of fused-ring (bicyclic) bond motifs is 3. The summed E-state index contributed by atoms with van der Waals surface area (Å²) in [7, 11) is 0. The van der Waals surface area contributed by atoms with Crippen molar-refractivity contribution in [3.8, 4) is 0 Å². The zero-order valence-corrected chi connectivity index (χ0v) is 9.23. The molecule has 0 saturated heterocycles. The number of nitrogens with two attached hydrogens (primary N) is 1. The van der Waals surface area contributed by atoms with E-state index in [4.69, 9.17) is 5.73 Å². The van der Waals surface area contributed by atoms with Gasteiger partial charge in [0.05, 0.1) is 11.1 Å². The second kappa shape index (κ2) is 3.82. The van der Waals surface area contributed by atoms with Crippen LogP contribution in [0.2, 0.25) is 0 Å². The van der Waals surface area contributed by atoms with Crippen molar-refractivity contribution in [2.45, 2.75) is 6.42 Å². The van der Waals surface area contributed by atoms with Gasteiger partial charge in [-0.1, -0.05) is 12.1 Å². The highest BCUT2D eigenvalue weighted by Gasteiger charge is 2.08. The number of imidazole rings is 1. The highest BCUT2D eigenvalue weighted by molar-refractivity contribution is 5.94. The van der Waals surface area contributed by atoms with Crippen LogP contribution in [-0.2, 0) is 6.42 Å². The minimum absolute atomic E-state index is 0.238. The quantitative estimate of drug-likeness (QED) is 0.731. The van der Waals surface area contributed by atoms with Crippen LogP contribution in [0.1, 0.15) is 5.69 Å². The van der Waals surface area contributed by atoms with E-state index in [1.54, 1.807) is 6.07 Å². The van der Waals surface area contributed by atoms with Gasteiger partial charge in [-0.15, -0.1) is 0 Å². The van der Waals surface area contributed by atoms with Crippen molar-refractivity contribution in [1.29, 1.82) is 0 Å². The Bertz CT molecular complexity index is 688. The SMILES string of the molecule is NCCc1cn2ccc3cccc(F)c3c2n1. The molecule has 0 spiro atoms. The Hall–Kier alpha value is -1.94. The van der Waals surface area contributed by atoms with Crippen LogP contribution in [0.15, 0.2) is 36.7 Å². The number of nitrogens with zero attached hydrogens (tertiary/aromatic N) is 2. The Morgan fingerprint density at radius 2 is 2.18 bits per heavy atom. The molecule has 2 heterocycles. The van der Waals surface area contributed by atoms with Gasteiger partial charge in [0.2, 0.25) is 0 Å². The number of benzene rings is 1. The minimum atomic E-state index is -0.238. The molecule has 1 aromatic carbocycles. The summed E-state index contributed by atoms with van der Waals surface area (Å²) in [5.74, 6) is -0.238. The average molecular weight is 229 g/mol. The lowest BCUT2D eigenvalue weighted by Crippen LogP contribution is -2.02. The molecule has 86 valence electrons. The zero-order valence-electron chi connectivity index (χ0n) is 9.23. The average Bonchev–Trinajstić information content (AvgIpc) is 2.72. The summed E-state index contributed by atoms with van der Waals surface area (Å²) in [6, 6.07) is 6.94. The van der Waals surface area contributed by atoms with E-state index in [0.29, 0.717) is 24.0 Å². The van der Waals surface area contributed by atoms with Crippen LogP contribution in [0.3, 0.4) is 0 Å². The summed E-state index contributed by atoms with van der Waals surface area (Å²) in [4.78, 5) is 4.43. The van der Waals surface area contributed by atoms with Crippen LogP contribution in [0, 0.1) is 5.82 Å². The van der Waals surface area contributed by atoms with Crippen LogP contribution in [0.25, 0.3) is 16.4 Å². The molecule has 0 atom stereocenters. The lowest BCUT2D eigenvalue weighted by molar-refractivity contribution is 0.640. The molecular formula is C13H12FN3. The van der Waals surface area contributed by atoms with Crippen molar-refractivity contribution < 1.29 is 4.39 Å². The van der Waals surface area contributed by atoms with Gasteiger partial charge in [-0.3, -0.25) is 0 Å². The smallest absolute Gasteiger partial charge is 0.147 e. The van der Waals surface area contributed by atoms with E-state index in [1.807, 2.05) is 28.9 Å². The predicted molar refractivity (Wildman–Crippen MR) is 65.4 cm³/mol. The van der Waals surface area contributed by atoms with Crippen molar-refractivity contribution in [2.24, 2.45) is 5.73 Å². The Balaban J connectivity index is 2.37. The Morgan fingerprint density at radius 3 is 3.00 bits per heavy atom. The summed E-state index contributed by atoms with van der Waals surface area (Å²) in [6.07, 6.45) is 4.50. The molecule has 3 rings (SSSR count). The lowest BCUT2D eigenvalue weighted by Gasteiger charge is -2.00. The third-order valence-corrected chi connectivity index (χ3v) is 2.87. The molecule has 0 aliphatic rings. The van der Waals surface area contributed by atoms with Gasteiger partial charge in [0, 0.05) is 18.8 Å². The van der Waals surface area contributed by atoms with Gasteiger partial charge in [-0.2, -0.15) is 0 Å². The first-order chi connectivity index (χ1) is 8.29. The van der Waals surface area contributed by atoms with Gasteiger partial charge >= 0.3 is 0 Å². The monoisotopic (exact) mass is 229 g/mol. The van der Waals surface area contributed by atoms with E-state index in [-0.39, 0.29) is 5.82 Å². The van der Waals surface area contributed by atoms with Crippen LogP contribution >= 0.6 is 0 Å². The number of aromatic nitrogens is 2. The van der Waals surface area contributed by atoms with Gasteiger partial charge in [-0.25, -0.2) is 9.37 Å². The summed E-state index contributed by atoms with van der Waals surface area (Å²) >= 11 is 0. The molecule has 3 nitrogen and oxygen atoms in total. The predicted octanol–water partition coefficient (Wildman–Crippen LogP) is 2.13. The standard InChI is InChI=1S/C13H12FN3/c14-11-3-1-2-9-5-7-17-8-10(4-6-15)16-13(17)12(9)11/h1-3,5,7-8H,4,6,15H2. The summed E-state index contributed by atoms with van der Waals surface area (Å²) in [5.41, 5.74) is 7.05. The van der Waals surface area contributed by atoms with Crippen LogP contribution in [0.4, 0.5) is 4.39 Å². The number of hydrogen-bond acceptors (Lipinski definition) is 2. The fourth-order valence-electron chi connectivity index (χ4n) is 2.09. The maximum Gasteiger partial charge on any atom is 0.147 e. The topological polar surface area (TPSA) is 43.3 Å². The summed E-state index contributed by atoms with van der Waals surface area (Å²) in [6.45, 7) is 0.546. The van der Waals surface area contributed by atoms with E-state index in [0.717, 1.165) is 11.1 Å². The fourth-order valence-corrected chi connectivity index (χ4v) is 2.09. The van der Waals surface area contributed by atoms with E-state index < -0.39 is 0 Å². The molecule has 0 fully saturated rings. The molecule has 3 aromatic rings. The minimum Gasteiger partial charge on any atom is -0.330 e. The molecule has 4 heteroatoms. The third-order valence-electron chi connectivity index (χ3n) is 2.87. The molecule has 0 amide bonds. The van der Waals surface area contributed by atoms with Crippen molar-refractivity contribution >= 4 is 16.4 Å². The molecule has 0 saturated carbocycles. The van der Waals surface area contributed by atoms with Crippen molar-refractivity contribution in [3.63, 3.8) is 0 Å². The fraction of sp³-hybridized carbons (Fsp3) is 0.154. The van der Waals surface area contributed by atoms with Gasteiger partial charge < -0.3 is 10.1 Å². The largest absolute Gasteiger partial charge is 0.330 e. The summed E-state index contributed by atoms with van der Waals surface area (Å²) in [5, 5.41) is 1.43. The van der Waals surface area contributed by atoms with Gasteiger partial charge in [-0.05, 0) is 24.1 Å². The third kappa shape index (κ3) is 1.57. The van der Waals surface area contributed by atoms with Crippen molar-refractivity contribution in [2.75, 3.05) is 6.54 Å². The molecule has 0 aliphatic heterocycles. The number of halogens is 1. The van der Waals surface area contributed by atoms with Crippen molar-refractivity contribution in [3.05, 3.63) is 48.2 Å². The molecule has 0 aliphatic carbocycles. The Kier molecular flexibility index (Phi) is 2.30. The first kappa shape index (κ1) is 10.2. The number of rotatable bonds is 2. The highest BCUT2D eigenvalue weighted by Crippen LogP contribution is 2.22.